The Morgan fingerprint density at radius 3 is 2.73 bits per heavy atom. The van der Waals surface area contributed by atoms with Gasteiger partial charge < -0.3 is 5.11 Å². The number of halogens is 2. The summed E-state index contributed by atoms with van der Waals surface area (Å²) in [5, 5.41) is 8.84. The van der Waals surface area contributed by atoms with Gasteiger partial charge in [-0.15, -0.1) is 11.6 Å². The van der Waals surface area contributed by atoms with E-state index >= 15 is 0 Å². The number of aliphatic carboxylic acids is 1. The number of carbonyl (C=O) groups is 1. The Hall–Kier alpha value is -0.470. The van der Waals surface area contributed by atoms with Crippen molar-refractivity contribution >= 4 is 29.2 Å². The van der Waals surface area contributed by atoms with Crippen LogP contribution in [0.2, 0.25) is 0 Å². The lowest BCUT2D eigenvalue weighted by Crippen LogP contribution is -2.33. The first-order valence-electron chi connectivity index (χ1n) is 3.02. The molecule has 1 unspecified atom stereocenters. The number of allylic oxidation sites excluding steroid dienone is 3. The van der Waals surface area contributed by atoms with Crippen LogP contribution in [0.15, 0.2) is 23.3 Å². The smallest absolute Gasteiger partial charge is 0.330 e. The first kappa shape index (κ1) is 8.62. The summed E-state index contributed by atoms with van der Waals surface area (Å²) in [7, 11) is 0. The van der Waals surface area contributed by atoms with Crippen molar-refractivity contribution in [1.29, 1.82) is 0 Å². The van der Waals surface area contributed by atoms with Crippen LogP contribution >= 0.6 is 23.2 Å². The fourth-order valence-electron chi connectivity index (χ4n) is 0.802. The molecule has 0 saturated carbocycles. The van der Waals surface area contributed by atoms with Gasteiger partial charge in [-0.25, -0.2) is 4.79 Å². The molecule has 1 aliphatic carbocycles. The van der Waals surface area contributed by atoms with Crippen molar-refractivity contribution in [2.24, 2.45) is 0 Å². The van der Waals surface area contributed by atoms with Gasteiger partial charge in [-0.05, 0) is 6.08 Å². The lowest BCUT2D eigenvalue weighted by atomic mass is 10.00. The van der Waals surface area contributed by atoms with E-state index in [-0.39, 0.29) is 11.5 Å². The highest BCUT2D eigenvalue weighted by Gasteiger charge is 2.39. The Morgan fingerprint density at radius 1 is 1.73 bits per heavy atom. The second-order valence-corrected chi connectivity index (χ2v) is 3.31. The van der Waals surface area contributed by atoms with E-state index in [1.807, 2.05) is 0 Å². The maximum absolute atomic E-state index is 10.6. The van der Waals surface area contributed by atoms with Crippen LogP contribution in [0.25, 0.3) is 0 Å². The van der Waals surface area contributed by atoms with Crippen LogP contribution in [-0.4, -0.2) is 16.0 Å². The van der Waals surface area contributed by atoms with Crippen molar-refractivity contribution in [1.82, 2.24) is 0 Å². The highest BCUT2D eigenvalue weighted by atomic mass is 35.5. The van der Waals surface area contributed by atoms with Crippen molar-refractivity contribution in [2.75, 3.05) is 0 Å². The predicted molar refractivity (Wildman–Crippen MR) is 43.9 cm³/mol. The zero-order valence-electron chi connectivity index (χ0n) is 5.55. The lowest BCUT2D eigenvalue weighted by Gasteiger charge is -2.21. The third-order valence-electron chi connectivity index (χ3n) is 1.50. The van der Waals surface area contributed by atoms with E-state index in [1.165, 1.54) is 6.08 Å². The second-order valence-electron chi connectivity index (χ2n) is 2.25. The third-order valence-corrected chi connectivity index (χ3v) is 2.56. The summed E-state index contributed by atoms with van der Waals surface area (Å²) < 4.78 is 0. The summed E-state index contributed by atoms with van der Waals surface area (Å²) in [6.45, 7) is 0. The molecule has 11 heavy (non-hydrogen) atoms. The van der Waals surface area contributed by atoms with E-state index in [0.29, 0.717) is 0 Å². The number of carboxylic acids is 1. The van der Waals surface area contributed by atoms with Gasteiger partial charge >= 0.3 is 5.97 Å². The minimum atomic E-state index is -1.43. The molecule has 0 spiro atoms. The van der Waals surface area contributed by atoms with Crippen molar-refractivity contribution in [3.05, 3.63) is 23.3 Å². The van der Waals surface area contributed by atoms with Crippen LogP contribution < -0.4 is 0 Å². The summed E-state index contributed by atoms with van der Waals surface area (Å²) in [6.07, 6.45) is 5.09. The van der Waals surface area contributed by atoms with E-state index < -0.39 is 10.8 Å². The van der Waals surface area contributed by atoms with Gasteiger partial charge in [0.2, 0.25) is 0 Å². The summed E-state index contributed by atoms with van der Waals surface area (Å²) in [4.78, 5) is 9.16. The fourth-order valence-corrected chi connectivity index (χ4v) is 1.18. The Kier molecular flexibility index (Phi) is 2.25. The molecule has 0 saturated heterocycles. The molecule has 0 bridgehead atoms. The molecule has 0 heterocycles. The fraction of sp³-hybridized carbons (Fsp3) is 0.286. The molecular formula is C7H6Cl2O2. The van der Waals surface area contributed by atoms with E-state index in [1.54, 1.807) is 12.2 Å². The second kappa shape index (κ2) is 2.88. The van der Waals surface area contributed by atoms with Crippen LogP contribution in [0.1, 0.15) is 6.42 Å². The minimum absolute atomic E-state index is 0.161. The molecule has 2 nitrogen and oxygen atoms in total. The molecule has 0 aliphatic heterocycles. The van der Waals surface area contributed by atoms with Gasteiger partial charge in [-0.1, -0.05) is 23.8 Å². The summed E-state index contributed by atoms with van der Waals surface area (Å²) in [6, 6.07) is 0. The minimum Gasteiger partial charge on any atom is -0.480 e. The third kappa shape index (κ3) is 1.42. The quantitative estimate of drug-likeness (QED) is 0.647. The zero-order valence-corrected chi connectivity index (χ0v) is 7.06. The van der Waals surface area contributed by atoms with E-state index in [0.717, 1.165) is 0 Å². The molecule has 0 radical (unpaired) electrons. The van der Waals surface area contributed by atoms with Crippen LogP contribution in [-0.2, 0) is 4.79 Å². The molecule has 0 amide bonds. The summed E-state index contributed by atoms with van der Waals surface area (Å²) >= 11 is 11.3. The zero-order chi connectivity index (χ0) is 8.48. The summed E-state index contributed by atoms with van der Waals surface area (Å²) in [5.41, 5.74) is 0. The number of carboxylic acid groups (broad SMARTS) is 1. The van der Waals surface area contributed by atoms with Gasteiger partial charge in [0.25, 0.3) is 0 Å². The van der Waals surface area contributed by atoms with Gasteiger partial charge in [0.15, 0.2) is 4.87 Å². The number of alkyl halides is 1. The van der Waals surface area contributed by atoms with Gasteiger partial charge in [-0.2, -0.15) is 0 Å². The Bertz CT molecular complexity index is 245. The van der Waals surface area contributed by atoms with Crippen LogP contribution in [0.5, 0.6) is 0 Å². The van der Waals surface area contributed by atoms with E-state index in [4.69, 9.17) is 28.3 Å². The first-order chi connectivity index (χ1) is 5.07. The molecule has 0 aromatic carbocycles. The normalized spacial score (nSPS) is 29.8. The largest absolute Gasteiger partial charge is 0.480 e. The first-order valence-corrected chi connectivity index (χ1v) is 3.78. The predicted octanol–water partition coefficient (Wildman–Crippen LogP) is 2.13. The molecular weight excluding hydrogens is 187 g/mol. The highest BCUT2D eigenvalue weighted by molar-refractivity contribution is 6.46. The average Bonchev–Trinajstić information content (AvgIpc) is 1.95. The van der Waals surface area contributed by atoms with Crippen LogP contribution in [0, 0.1) is 0 Å². The van der Waals surface area contributed by atoms with Crippen LogP contribution in [0.3, 0.4) is 0 Å². The van der Waals surface area contributed by atoms with E-state index in [2.05, 4.69) is 0 Å². The molecule has 1 aliphatic rings. The maximum atomic E-state index is 10.6. The standard InChI is InChI=1S/C7H6Cl2O2/c8-5-3-1-2-4-7(5,9)6(10)11/h1-3H,4H2,(H,10,11). The Balaban J connectivity index is 2.97. The highest BCUT2D eigenvalue weighted by Crippen LogP contribution is 2.35. The lowest BCUT2D eigenvalue weighted by molar-refractivity contribution is -0.138. The SMILES string of the molecule is O=C(O)C1(Cl)CC=CC=C1Cl. The monoisotopic (exact) mass is 192 g/mol. The van der Waals surface area contributed by atoms with E-state index in [9.17, 15) is 4.79 Å². The Morgan fingerprint density at radius 2 is 2.36 bits per heavy atom. The molecule has 0 aromatic rings. The summed E-state index contributed by atoms with van der Waals surface area (Å²) in [5.74, 6) is -1.11. The van der Waals surface area contributed by atoms with Gasteiger partial charge in [0.1, 0.15) is 0 Å². The van der Waals surface area contributed by atoms with Gasteiger partial charge in [0, 0.05) is 6.42 Å². The molecule has 60 valence electrons. The number of rotatable bonds is 1. The topological polar surface area (TPSA) is 37.3 Å². The van der Waals surface area contributed by atoms with Gasteiger partial charge in [-0.3, -0.25) is 0 Å². The van der Waals surface area contributed by atoms with Crippen molar-refractivity contribution < 1.29 is 9.90 Å². The Labute approximate surface area is 74.1 Å². The number of hydrogen-bond acceptors (Lipinski definition) is 1. The molecule has 0 fully saturated rings. The van der Waals surface area contributed by atoms with Gasteiger partial charge in [0.05, 0.1) is 5.03 Å². The molecule has 1 atom stereocenters. The molecule has 4 heteroatoms. The van der Waals surface area contributed by atoms with Crippen LogP contribution in [0.4, 0.5) is 0 Å². The molecule has 1 rings (SSSR count). The molecule has 1 N–H and O–H groups in total. The van der Waals surface area contributed by atoms with Crippen molar-refractivity contribution in [3.63, 3.8) is 0 Å². The molecule has 0 aromatic heterocycles. The number of hydrogen-bond donors (Lipinski definition) is 1. The van der Waals surface area contributed by atoms with Crippen molar-refractivity contribution in [2.45, 2.75) is 11.3 Å². The maximum Gasteiger partial charge on any atom is 0.330 e. The van der Waals surface area contributed by atoms with Crippen molar-refractivity contribution in [3.8, 4) is 0 Å². The average molecular weight is 193 g/mol.